The number of rotatable bonds is 10. The Balaban J connectivity index is 1.47. The molecule has 1 unspecified atom stereocenters. The van der Waals surface area contributed by atoms with Gasteiger partial charge in [0.05, 0.1) is 12.9 Å². The Labute approximate surface area is 149 Å². The van der Waals surface area contributed by atoms with Gasteiger partial charge in [0.1, 0.15) is 18.5 Å². The van der Waals surface area contributed by atoms with Crippen molar-refractivity contribution in [3.63, 3.8) is 0 Å². The van der Waals surface area contributed by atoms with Gasteiger partial charge in [-0.05, 0) is 30.5 Å². The van der Waals surface area contributed by atoms with Crippen LogP contribution < -0.4 is 4.74 Å². The Kier molecular flexibility index (Phi) is 6.65. The Morgan fingerprint density at radius 3 is 2.44 bits per heavy atom. The quantitative estimate of drug-likeness (QED) is 0.525. The molecule has 0 spiro atoms. The van der Waals surface area contributed by atoms with Crippen LogP contribution in [0.15, 0.2) is 79.4 Å². The molecule has 0 aliphatic rings. The van der Waals surface area contributed by atoms with E-state index in [2.05, 4.69) is 29.2 Å². The van der Waals surface area contributed by atoms with E-state index in [0.717, 1.165) is 25.1 Å². The number of para-hydroxylation sites is 1. The zero-order chi connectivity index (χ0) is 17.2. The number of aryl methyl sites for hydroxylation is 1. The first-order valence-corrected chi connectivity index (χ1v) is 8.69. The van der Waals surface area contributed by atoms with Crippen LogP contribution in [0.1, 0.15) is 12.0 Å². The molecule has 25 heavy (non-hydrogen) atoms. The van der Waals surface area contributed by atoms with Crippen LogP contribution in [0.5, 0.6) is 5.75 Å². The SMILES string of the molecule is c1ccc(CCCOC(COc2ccccc2)Cn2ccnc2)cc1. The Morgan fingerprint density at radius 2 is 1.72 bits per heavy atom. The van der Waals surface area contributed by atoms with Crippen molar-refractivity contribution in [3.8, 4) is 5.75 Å². The fraction of sp³-hybridized carbons (Fsp3) is 0.286. The van der Waals surface area contributed by atoms with Gasteiger partial charge >= 0.3 is 0 Å². The molecule has 1 heterocycles. The molecule has 2 aromatic carbocycles. The van der Waals surface area contributed by atoms with Crippen LogP contribution in [0.3, 0.4) is 0 Å². The lowest BCUT2D eigenvalue weighted by atomic mass is 10.1. The summed E-state index contributed by atoms with van der Waals surface area (Å²) in [6.45, 7) is 1.97. The molecular weight excluding hydrogens is 312 g/mol. The topological polar surface area (TPSA) is 36.3 Å². The van der Waals surface area contributed by atoms with Gasteiger partial charge in [-0.25, -0.2) is 4.98 Å². The Bertz CT molecular complexity index is 699. The minimum Gasteiger partial charge on any atom is -0.491 e. The molecule has 130 valence electrons. The summed E-state index contributed by atoms with van der Waals surface area (Å²) >= 11 is 0. The third kappa shape index (κ3) is 6.08. The minimum absolute atomic E-state index is 0.00909. The molecule has 4 nitrogen and oxygen atoms in total. The van der Waals surface area contributed by atoms with E-state index in [9.17, 15) is 0 Å². The van der Waals surface area contributed by atoms with Gasteiger partial charge in [0, 0.05) is 19.0 Å². The van der Waals surface area contributed by atoms with E-state index in [1.54, 1.807) is 6.20 Å². The predicted molar refractivity (Wildman–Crippen MR) is 98.7 cm³/mol. The highest BCUT2D eigenvalue weighted by Gasteiger charge is 2.11. The maximum atomic E-state index is 6.09. The summed E-state index contributed by atoms with van der Waals surface area (Å²) in [5, 5.41) is 0. The van der Waals surface area contributed by atoms with Crippen molar-refractivity contribution < 1.29 is 9.47 Å². The number of imidazole rings is 1. The highest BCUT2D eigenvalue weighted by molar-refractivity contribution is 5.20. The van der Waals surface area contributed by atoms with Crippen molar-refractivity contribution in [2.45, 2.75) is 25.5 Å². The van der Waals surface area contributed by atoms with Crippen molar-refractivity contribution in [1.82, 2.24) is 9.55 Å². The second kappa shape index (κ2) is 9.64. The fourth-order valence-electron chi connectivity index (χ4n) is 2.66. The van der Waals surface area contributed by atoms with Crippen LogP contribution in [0.2, 0.25) is 0 Å². The van der Waals surface area contributed by atoms with Gasteiger partial charge in [0.15, 0.2) is 0 Å². The van der Waals surface area contributed by atoms with E-state index in [4.69, 9.17) is 9.47 Å². The number of aromatic nitrogens is 2. The maximum Gasteiger partial charge on any atom is 0.119 e. The molecule has 0 radical (unpaired) electrons. The zero-order valence-electron chi connectivity index (χ0n) is 14.3. The van der Waals surface area contributed by atoms with Gasteiger partial charge in [-0.2, -0.15) is 0 Å². The van der Waals surface area contributed by atoms with E-state index < -0.39 is 0 Å². The largest absolute Gasteiger partial charge is 0.491 e. The average molecular weight is 336 g/mol. The van der Waals surface area contributed by atoms with Gasteiger partial charge in [-0.3, -0.25) is 0 Å². The van der Waals surface area contributed by atoms with Crippen LogP contribution in [0.4, 0.5) is 0 Å². The highest BCUT2D eigenvalue weighted by atomic mass is 16.5. The summed E-state index contributed by atoms with van der Waals surface area (Å²) in [6.07, 6.45) is 7.55. The molecule has 3 aromatic rings. The lowest BCUT2D eigenvalue weighted by Crippen LogP contribution is -2.27. The number of hydrogen-bond donors (Lipinski definition) is 0. The van der Waals surface area contributed by atoms with Crippen molar-refractivity contribution in [2.24, 2.45) is 0 Å². The molecule has 0 fully saturated rings. The molecule has 0 amide bonds. The number of nitrogens with zero attached hydrogens (tertiary/aromatic N) is 2. The molecule has 1 atom stereocenters. The molecule has 0 saturated carbocycles. The smallest absolute Gasteiger partial charge is 0.119 e. The third-order valence-corrected chi connectivity index (χ3v) is 3.96. The van der Waals surface area contributed by atoms with E-state index in [1.807, 2.05) is 53.5 Å². The van der Waals surface area contributed by atoms with Gasteiger partial charge in [-0.1, -0.05) is 48.5 Å². The van der Waals surface area contributed by atoms with Crippen molar-refractivity contribution in [3.05, 3.63) is 84.9 Å². The van der Waals surface area contributed by atoms with Crippen LogP contribution in [-0.2, 0) is 17.7 Å². The molecular formula is C21H24N2O2. The summed E-state index contributed by atoms with van der Waals surface area (Å²) in [5.41, 5.74) is 1.35. The summed E-state index contributed by atoms with van der Waals surface area (Å²) in [5.74, 6) is 0.867. The first-order valence-electron chi connectivity index (χ1n) is 8.69. The predicted octanol–water partition coefficient (Wildman–Crippen LogP) is 3.98. The average Bonchev–Trinajstić information content (AvgIpc) is 3.18. The van der Waals surface area contributed by atoms with E-state index in [-0.39, 0.29) is 6.10 Å². The second-order valence-electron chi connectivity index (χ2n) is 5.97. The third-order valence-electron chi connectivity index (χ3n) is 3.96. The molecule has 0 aliphatic heterocycles. The molecule has 0 aliphatic carbocycles. The monoisotopic (exact) mass is 336 g/mol. The van der Waals surface area contributed by atoms with E-state index >= 15 is 0 Å². The maximum absolute atomic E-state index is 6.09. The fourth-order valence-corrected chi connectivity index (χ4v) is 2.66. The summed E-state index contributed by atoms with van der Waals surface area (Å²) in [6, 6.07) is 20.4. The normalized spacial score (nSPS) is 12.0. The molecule has 4 heteroatoms. The van der Waals surface area contributed by atoms with E-state index in [0.29, 0.717) is 13.2 Å². The molecule has 0 N–H and O–H groups in total. The highest BCUT2D eigenvalue weighted by Crippen LogP contribution is 2.11. The van der Waals surface area contributed by atoms with Crippen molar-refractivity contribution in [2.75, 3.05) is 13.2 Å². The van der Waals surface area contributed by atoms with Crippen LogP contribution in [0.25, 0.3) is 0 Å². The lowest BCUT2D eigenvalue weighted by Gasteiger charge is -2.19. The first-order chi connectivity index (χ1) is 12.4. The lowest BCUT2D eigenvalue weighted by molar-refractivity contribution is 0.00891. The zero-order valence-corrected chi connectivity index (χ0v) is 14.3. The van der Waals surface area contributed by atoms with Crippen LogP contribution in [0, 0.1) is 0 Å². The van der Waals surface area contributed by atoms with Gasteiger partial charge in [0.25, 0.3) is 0 Å². The summed E-state index contributed by atoms with van der Waals surface area (Å²) in [4.78, 5) is 4.10. The van der Waals surface area contributed by atoms with Crippen LogP contribution in [-0.4, -0.2) is 28.9 Å². The van der Waals surface area contributed by atoms with Crippen molar-refractivity contribution >= 4 is 0 Å². The van der Waals surface area contributed by atoms with Crippen LogP contribution >= 0.6 is 0 Å². The number of benzene rings is 2. The van der Waals surface area contributed by atoms with Gasteiger partial charge in [-0.15, -0.1) is 0 Å². The summed E-state index contributed by atoms with van der Waals surface area (Å²) < 4.78 is 14.0. The standard InChI is InChI=1S/C21H24N2O2/c1-3-8-19(9-4-1)10-7-15-24-21(16-23-14-13-22-18-23)17-25-20-11-5-2-6-12-20/h1-6,8-9,11-14,18,21H,7,10,15-17H2. The van der Waals surface area contributed by atoms with Gasteiger partial charge < -0.3 is 14.0 Å². The molecule has 0 saturated heterocycles. The molecule has 3 rings (SSSR count). The second-order valence-corrected chi connectivity index (χ2v) is 5.97. The summed E-state index contributed by atoms with van der Waals surface area (Å²) in [7, 11) is 0. The number of ether oxygens (including phenoxy) is 2. The van der Waals surface area contributed by atoms with Crippen molar-refractivity contribution in [1.29, 1.82) is 0 Å². The molecule has 1 aromatic heterocycles. The number of hydrogen-bond acceptors (Lipinski definition) is 3. The first kappa shape index (κ1) is 17.2. The van der Waals surface area contributed by atoms with Gasteiger partial charge in [0.2, 0.25) is 0 Å². The Morgan fingerprint density at radius 1 is 0.960 bits per heavy atom. The minimum atomic E-state index is -0.00909. The van der Waals surface area contributed by atoms with E-state index in [1.165, 1.54) is 5.56 Å². The Hall–Kier alpha value is -2.59. The molecule has 0 bridgehead atoms.